The van der Waals surface area contributed by atoms with E-state index in [1.54, 1.807) is 19.1 Å². The van der Waals surface area contributed by atoms with E-state index in [-0.39, 0.29) is 17.1 Å². The highest BCUT2D eigenvalue weighted by atomic mass is 16.8. The van der Waals surface area contributed by atoms with Crippen LogP contribution < -0.4 is 0 Å². The monoisotopic (exact) mass is 532 g/mol. The summed E-state index contributed by atoms with van der Waals surface area (Å²) in [6.45, 7) is 6.29. The Bertz CT molecular complexity index is 842. The molecule has 0 aromatic heterocycles. The number of carbonyl (C=O) groups excluding carboxylic acids is 1. The quantitative estimate of drug-likeness (QED) is 0.172. The molecule has 12 atom stereocenters. The number of hydrogen-bond donors (Lipinski definition) is 7. The van der Waals surface area contributed by atoms with Gasteiger partial charge in [-0.1, -0.05) is 31.6 Å². The van der Waals surface area contributed by atoms with Crippen LogP contribution in [0, 0.1) is 11.3 Å². The Kier molecular flexibility index (Phi) is 10.0. The molecule has 12 heteroatoms. The molecule has 3 rings (SSSR count). The molecular formula is C25H40O12. The summed E-state index contributed by atoms with van der Waals surface area (Å²) in [5.74, 6) is 0.0464. The number of allylic oxidation sites excluding steroid dienone is 3. The van der Waals surface area contributed by atoms with Crippen LogP contribution >= 0.6 is 0 Å². The van der Waals surface area contributed by atoms with Crippen LogP contribution in [0.25, 0.3) is 0 Å². The maximum absolute atomic E-state index is 12.0. The fraction of sp³-hybridized carbons (Fsp3) is 0.800. The normalized spacial score (nSPS) is 43.6. The summed E-state index contributed by atoms with van der Waals surface area (Å²) in [5.41, 5.74) is 0.617. The molecule has 0 bridgehead atoms. The SMILES string of the molecule is CC1=CC(=O)CC(C)(C)[C@@H]1C=C[C@@H](C)O[C@@H]1O[C@H](CO)[C@@H](O)[C@H](O)[C@H]1O[C@@H]1O[C@H](CO)[C@@H](O)[C@H](O)[C@H]1O. The van der Waals surface area contributed by atoms with Crippen molar-refractivity contribution in [3.8, 4) is 0 Å². The van der Waals surface area contributed by atoms with Crippen LogP contribution in [-0.4, -0.2) is 122 Å². The van der Waals surface area contributed by atoms with Crippen molar-refractivity contribution < 1.29 is 59.5 Å². The van der Waals surface area contributed by atoms with Crippen molar-refractivity contribution in [1.29, 1.82) is 0 Å². The van der Waals surface area contributed by atoms with Gasteiger partial charge in [-0.3, -0.25) is 4.79 Å². The van der Waals surface area contributed by atoms with Gasteiger partial charge in [0.25, 0.3) is 0 Å². The predicted octanol–water partition coefficient (Wildman–Crippen LogP) is -1.87. The van der Waals surface area contributed by atoms with Gasteiger partial charge in [-0.15, -0.1) is 0 Å². The second-order valence-electron chi connectivity index (χ2n) is 10.7. The molecule has 0 aromatic carbocycles. The molecule has 2 heterocycles. The Balaban J connectivity index is 1.77. The number of ether oxygens (including phenoxy) is 4. The van der Waals surface area contributed by atoms with Gasteiger partial charge in [-0.25, -0.2) is 0 Å². The van der Waals surface area contributed by atoms with Crippen LogP contribution in [0.2, 0.25) is 0 Å². The van der Waals surface area contributed by atoms with E-state index in [2.05, 4.69) is 0 Å². The van der Waals surface area contributed by atoms with Crippen molar-refractivity contribution in [1.82, 2.24) is 0 Å². The average Bonchev–Trinajstić information content (AvgIpc) is 2.82. The highest BCUT2D eigenvalue weighted by Gasteiger charge is 2.51. The van der Waals surface area contributed by atoms with E-state index in [1.807, 2.05) is 26.8 Å². The number of hydrogen-bond acceptors (Lipinski definition) is 12. The maximum Gasteiger partial charge on any atom is 0.187 e. The molecule has 212 valence electrons. The van der Waals surface area contributed by atoms with Crippen molar-refractivity contribution in [2.75, 3.05) is 13.2 Å². The zero-order valence-corrected chi connectivity index (χ0v) is 21.5. The van der Waals surface area contributed by atoms with Gasteiger partial charge >= 0.3 is 0 Å². The van der Waals surface area contributed by atoms with Crippen molar-refractivity contribution in [3.05, 3.63) is 23.8 Å². The number of aliphatic hydroxyl groups is 7. The largest absolute Gasteiger partial charge is 0.394 e. The number of ketones is 1. The van der Waals surface area contributed by atoms with Gasteiger partial charge < -0.3 is 54.7 Å². The summed E-state index contributed by atoms with van der Waals surface area (Å²) in [4.78, 5) is 12.0. The van der Waals surface area contributed by atoms with Crippen LogP contribution in [0.1, 0.15) is 34.1 Å². The lowest BCUT2D eigenvalue weighted by Crippen LogP contribution is -2.64. The number of rotatable bonds is 8. The second kappa shape index (κ2) is 12.3. The third-order valence-electron chi connectivity index (χ3n) is 7.24. The Morgan fingerprint density at radius 2 is 1.54 bits per heavy atom. The molecule has 1 aliphatic carbocycles. The Morgan fingerprint density at radius 1 is 0.973 bits per heavy atom. The number of carbonyl (C=O) groups is 1. The molecule has 0 spiro atoms. The summed E-state index contributed by atoms with van der Waals surface area (Å²) < 4.78 is 22.6. The summed E-state index contributed by atoms with van der Waals surface area (Å²) in [6.07, 6.45) is -10.0. The minimum absolute atomic E-state index is 0.0257. The summed E-state index contributed by atoms with van der Waals surface area (Å²) in [7, 11) is 0. The molecule has 0 unspecified atom stereocenters. The molecule has 0 amide bonds. The van der Waals surface area contributed by atoms with Gasteiger partial charge in [0.1, 0.15) is 48.8 Å². The van der Waals surface area contributed by atoms with Gasteiger partial charge in [0, 0.05) is 12.3 Å². The first kappa shape index (κ1) is 30.3. The van der Waals surface area contributed by atoms with Gasteiger partial charge in [-0.05, 0) is 25.3 Å². The van der Waals surface area contributed by atoms with Gasteiger partial charge in [-0.2, -0.15) is 0 Å². The van der Waals surface area contributed by atoms with Crippen LogP contribution in [-0.2, 0) is 23.7 Å². The summed E-state index contributed by atoms with van der Waals surface area (Å²) in [5, 5.41) is 70.6. The minimum atomic E-state index is -1.75. The van der Waals surface area contributed by atoms with E-state index in [0.29, 0.717) is 6.42 Å². The van der Waals surface area contributed by atoms with Crippen LogP contribution in [0.15, 0.2) is 23.8 Å². The average molecular weight is 533 g/mol. The lowest BCUT2D eigenvalue weighted by atomic mass is 9.68. The van der Waals surface area contributed by atoms with E-state index in [1.165, 1.54) is 0 Å². The summed E-state index contributed by atoms with van der Waals surface area (Å²) >= 11 is 0. The molecule has 2 saturated heterocycles. The smallest absolute Gasteiger partial charge is 0.187 e. The lowest BCUT2D eigenvalue weighted by molar-refractivity contribution is -0.369. The maximum atomic E-state index is 12.0. The van der Waals surface area contributed by atoms with E-state index >= 15 is 0 Å². The highest BCUT2D eigenvalue weighted by Crippen LogP contribution is 2.40. The lowest BCUT2D eigenvalue weighted by Gasteiger charge is -2.46. The molecule has 0 aromatic rings. The molecule has 12 nitrogen and oxygen atoms in total. The first-order valence-corrected chi connectivity index (χ1v) is 12.4. The third kappa shape index (κ3) is 6.65. The summed E-state index contributed by atoms with van der Waals surface area (Å²) in [6, 6.07) is 0. The van der Waals surface area contributed by atoms with E-state index < -0.39 is 80.7 Å². The van der Waals surface area contributed by atoms with E-state index in [4.69, 9.17) is 18.9 Å². The fourth-order valence-electron chi connectivity index (χ4n) is 5.15. The van der Waals surface area contributed by atoms with Crippen LogP contribution in [0.3, 0.4) is 0 Å². The first-order valence-electron chi connectivity index (χ1n) is 12.4. The number of aliphatic hydroxyl groups excluding tert-OH is 7. The zero-order valence-electron chi connectivity index (χ0n) is 21.5. The van der Waals surface area contributed by atoms with Crippen molar-refractivity contribution in [3.63, 3.8) is 0 Å². The minimum Gasteiger partial charge on any atom is -0.394 e. The zero-order chi connectivity index (χ0) is 27.7. The Morgan fingerprint density at radius 3 is 2.11 bits per heavy atom. The highest BCUT2D eigenvalue weighted by molar-refractivity contribution is 5.92. The molecule has 2 aliphatic heterocycles. The molecule has 3 aliphatic rings. The predicted molar refractivity (Wildman–Crippen MR) is 127 cm³/mol. The van der Waals surface area contributed by atoms with Crippen molar-refractivity contribution in [2.24, 2.45) is 11.3 Å². The second-order valence-corrected chi connectivity index (χ2v) is 10.7. The van der Waals surface area contributed by atoms with E-state index in [0.717, 1.165) is 5.57 Å². The molecule has 37 heavy (non-hydrogen) atoms. The molecule has 0 saturated carbocycles. The van der Waals surface area contributed by atoms with Crippen LogP contribution in [0.4, 0.5) is 0 Å². The van der Waals surface area contributed by atoms with Gasteiger partial charge in [0.15, 0.2) is 18.4 Å². The van der Waals surface area contributed by atoms with Gasteiger partial charge in [0.2, 0.25) is 0 Å². The Hall–Kier alpha value is -1.29. The molecule has 0 radical (unpaired) electrons. The first-order chi connectivity index (χ1) is 17.3. The molecular weight excluding hydrogens is 492 g/mol. The van der Waals surface area contributed by atoms with Crippen molar-refractivity contribution >= 4 is 5.78 Å². The van der Waals surface area contributed by atoms with Crippen molar-refractivity contribution in [2.45, 2.75) is 102 Å². The topological polar surface area (TPSA) is 196 Å². The fourth-order valence-corrected chi connectivity index (χ4v) is 5.15. The molecule has 2 fully saturated rings. The Labute approximate surface area is 215 Å². The standard InChI is InChI=1S/C25H40O12/c1-11-7-13(28)8-25(3,4)14(11)6-5-12(2)34-24-22(20(32)18(30)16(10-27)36-24)37-23-21(33)19(31)17(29)15(9-26)35-23/h5-7,12,14-24,26-27,29-33H,8-10H2,1-4H3/t12-,14-,15-,16-,17-,18-,19+,20+,21-,22-,23+,24-/m1/s1. The third-order valence-corrected chi connectivity index (χ3v) is 7.24. The van der Waals surface area contributed by atoms with Gasteiger partial charge in [0.05, 0.1) is 19.3 Å². The van der Waals surface area contributed by atoms with Crippen LogP contribution in [0.5, 0.6) is 0 Å². The van der Waals surface area contributed by atoms with E-state index in [9.17, 15) is 40.5 Å². The molecule has 7 N–H and O–H groups in total.